The fraction of sp³-hybridized carbons (Fsp3) is 1.00. The fourth-order valence-corrected chi connectivity index (χ4v) is 1.66. The molecule has 4 nitrogen and oxygen atoms in total. The van der Waals surface area contributed by atoms with E-state index in [1.807, 2.05) is 0 Å². The van der Waals surface area contributed by atoms with Gasteiger partial charge in [0, 0.05) is 7.11 Å². The van der Waals surface area contributed by atoms with Crippen LogP contribution in [0.25, 0.3) is 0 Å². The van der Waals surface area contributed by atoms with E-state index in [0.29, 0.717) is 0 Å². The first kappa shape index (κ1) is 6.37. The van der Waals surface area contributed by atoms with Crippen molar-refractivity contribution >= 4 is 0 Å². The van der Waals surface area contributed by atoms with E-state index < -0.39 is 0 Å². The second-order valence-corrected chi connectivity index (χ2v) is 3.14. The summed E-state index contributed by atoms with van der Waals surface area (Å²) in [6.07, 6.45) is 0.658. The normalized spacial score (nSPS) is 59.2. The van der Waals surface area contributed by atoms with Gasteiger partial charge in [0.1, 0.15) is 24.4 Å². The second-order valence-electron chi connectivity index (χ2n) is 3.14. The summed E-state index contributed by atoms with van der Waals surface area (Å²) in [4.78, 5) is 0. The van der Waals surface area contributed by atoms with Crippen molar-refractivity contribution in [1.82, 2.24) is 0 Å². The average Bonchev–Trinajstić information content (AvgIpc) is 2.88. The lowest BCUT2D eigenvalue weighted by atomic mass is 10.2. The Hall–Kier alpha value is -0.160. The minimum Gasteiger partial charge on any atom is -0.370 e. The van der Waals surface area contributed by atoms with Crippen LogP contribution >= 0.6 is 0 Å². The van der Waals surface area contributed by atoms with Crippen LogP contribution in [-0.2, 0) is 18.9 Å². The number of rotatable bonds is 2. The molecule has 5 atom stereocenters. The Morgan fingerprint density at radius 3 is 2.55 bits per heavy atom. The van der Waals surface area contributed by atoms with Crippen molar-refractivity contribution in [2.75, 3.05) is 13.7 Å². The fourth-order valence-electron chi connectivity index (χ4n) is 1.66. The lowest BCUT2D eigenvalue weighted by Gasteiger charge is -2.13. The molecular formula is C7H10O4. The van der Waals surface area contributed by atoms with Gasteiger partial charge in [-0.05, 0) is 0 Å². The Morgan fingerprint density at radius 2 is 2.00 bits per heavy atom. The molecule has 0 amide bonds. The maximum atomic E-state index is 5.52. The molecule has 4 heteroatoms. The van der Waals surface area contributed by atoms with Gasteiger partial charge in [-0.15, -0.1) is 0 Å². The monoisotopic (exact) mass is 158 g/mol. The van der Waals surface area contributed by atoms with Gasteiger partial charge in [-0.25, -0.2) is 0 Å². The third-order valence-corrected chi connectivity index (χ3v) is 2.40. The minimum atomic E-state index is -0.158. The van der Waals surface area contributed by atoms with Crippen molar-refractivity contribution in [3.63, 3.8) is 0 Å². The predicted octanol–water partition coefficient (Wildman–Crippen LogP) is -0.476. The molecule has 3 aliphatic heterocycles. The first-order valence-electron chi connectivity index (χ1n) is 3.85. The van der Waals surface area contributed by atoms with Crippen LogP contribution in [0, 0.1) is 0 Å². The van der Waals surface area contributed by atoms with Gasteiger partial charge in [-0.3, -0.25) is 0 Å². The van der Waals surface area contributed by atoms with Crippen LogP contribution in [0.5, 0.6) is 0 Å². The number of hydrogen-bond donors (Lipinski definition) is 0. The van der Waals surface area contributed by atoms with E-state index in [0.717, 1.165) is 6.61 Å². The first-order valence-corrected chi connectivity index (χ1v) is 3.85. The van der Waals surface area contributed by atoms with Crippen LogP contribution in [0.1, 0.15) is 0 Å². The third kappa shape index (κ3) is 0.840. The Labute approximate surface area is 64.4 Å². The van der Waals surface area contributed by atoms with Gasteiger partial charge in [-0.1, -0.05) is 0 Å². The van der Waals surface area contributed by atoms with E-state index in [4.69, 9.17) is 18.9 Å². The molecular weight excluding hydrogens is 148 g/mol. The van der Waals surface area contributed by atoms with E-state index in [1.165, 1.54) is 0 Å². The summed E-state index contributed by atoms with van der Waals surface area (Å²) in [5, 5.41) is 0. The summed E-state index contributed by atoms with van der Waals surface area (Å²) in [5.41, 5.74) is 0. The Morgan fingerprint density at radius 1 is 1.18 bits per heavy atom. The number of hydrogen-bond acceptors (Lipinski definition) is 4. The Balaban J connectivity index is 1.71. The molecule has 3 aliphatic rings. The van der Waals surface area contributed by atoms with Crippen molar-refractivity contribution < 1.29 is 18.9 Å². The molecule has 3 saturated heterocycles. The Bertz CT molecular complexity index is 179. The third-order valence-electron chi connectivity index (χ3n) is 2.40. The van der Waals surface area contributed by atoms with Crippen LogP contribution in [-0.4, -0.2) is 44.4 Å². The Kier molecular flexibility index (Phi) is 1.13. The standard InChI is InChI=1S/C7H10O4/c1-8-7-6-5(10-6)4(11-7)3-2-9-3/h3-7H,2H2,1H3/t3?,4-,5-,6?,7+/m0/s1. The summed E-state index contributed by atoms with van der Waals surface area (Å²) in [7, 11) is 1.64. The van der Waals surface area contributed by atoms with E-state index in [-0.39, 0.29) is 30.7 Å². The number of epoxide rings is 2. The molecule has 0 bridgehead atoms. The van der Waals surface area contributed by atoms with E-state index in [1.54, 1.807) is 7.11 Å². The van der Waals surface area contributed by atoms with Crippen LogP contribution in [0.15, 0.2) is 0 Å². The summed E-state index contributed by atoms with van der Waals surface area (Å²) < 4.78 is 21.1. The topological polar surface area (TPSA) is 43.5 Å². The molecule has 3 rings (SSSR count). The summed E-state index contributed by atoms with van der Waals surface area (Å²) in [6, 6.07) is 0. The lowest BCUT2D eigenvalue weighted by Crippen LogP contribution is -2.25. The molecule has 11 heavy (non-hydrogen) atoms. The average molecular weight is 158 g/mol. The summed E-state index contributed by atoms with van der Waals surface area (Å²) in [5.74, 6) is 0. The van der Waals surface area contributed by atoms with Gasteiger partial charge in [-0.2, -0.15) is 0 Å². The van der Waals surface area contributed by atoms with Gasteiger partial charge < -0.3 is 18.9 Å². The first-order chi connectivity index (χ1) is 5.40. The highest BCUT2D eigenvalue weighted by Crippen LogP contribution is 2.43. The van der Waals surface area contributed by atoms with Crippen LogP contribution in [0.3, 0.4) is 0 Å². The SMILES string of the molecule is CO[C@@H]1O[C@@H](C2CO2)[C@@H]2OC12. The molecule has 62 valence electrons. The van der Waals surface area contributed by atoms with Crippen molar-refractivity contribution in [2.24, 2.45) is 0 Å². The predicted molar refractivity (Wildman–Crippen MR) is 34.1 cm³/mol. The van der Waals surface area contributed by atoms with Crippen molar-refractivity contribution in [3.8, 4) is 0 Å². The zero-order chi connectivity index (χ0) is 7.42. The smallest absolute Gasteiger partial charge is 0.186 e. The minimum absolute atomic E-state index is 0.130. The molecule has 0 radical (unpaired) electrons. The zero-order valence-electron chi connectivity index (χ0n) is 6.23. The highest BCUT2D eigenvalue weighted by Gasteiger charge is 2.62. The molecule has 0 aromatic heterocycles. The maximum absolute atomic E-state index is 5.52. The number of fused-ring (bicyclic) bond motifs is 1. The quantitative estimate of drug-likeness (QED) is 0.509. The van der Waals surface area contributed by atoms with Crippen molar-refractivity contribution in [2.45, 2.75) is 30.7 Å². The van der Waals surface area contributed by atoms with Crippen LogP contribution < -0.4 is 0 Å². The van der Waals surface area contributed by atoms with E-state index in [9.17, 15) is 0 Å². The molecule has 0 spiro atoms. The molecule has 2 unspecified atom stereocenters. The largest absolute Gasteiger partial charge is 0.370 e. The van der Waals surface area contributed by atoms with Crippen LogP contribution in [0.4, 0.5) is 0 Å². The summed E-state index contributed by atoms with van der Waals surface area (Å²) in [6.45, 7) is 0.813. The number of methoxy groups -OCH3 is 1. The van der Waals surface area contributed by atoms with Gasteiger partial charge in [0.2, 0.25) is 0 Å². The highest BCUT2D eigenvalue weighted by atomic mass is 16.8. The van der Waals surface area contributed by atoms with Crippen molar-refractivity contribution in [1.29, 1.82) is 0 Å². The molecule has 0 aromatic carbocycles. The molecule has 0 N–H and O–H groups in total. The van der Waals surface area contributed by atoms with E-state index in [2.05, 4.69) is 0 Å². The maximum Gasteiger partial charge on any atom is 0.186 e. The van der Waals surface area contributed by atoms with Crippen molar-refractivity contribution in [3.05, 3.63) is 0 Å². The van der Waals surface area contributed by atoms with Gasteiger partial charge >= 0.3 is 0 Å². The second kappa shape index (κ2) is 1.95. The highest BCUT2D eigenvalue weighted by molar-refractivity contribution is 5.05. The molecule has 0 aliphatic carbocycles. The van der Waals surface area contributed by atoms with Gasteiger partial charge in [0.05, 0.1) is 6.61 Å². The van der Waals surface area contributed by atoms with Gasteiger partial charge in [0.15, 0.2) is 6.29 Å². The molecule has 3 fully saturated rings. The number of ether oxygens (including phenoxy) is 4. The lowest BCUT2D eigenvalue weighted by molar-refractivity contribution is -0.162. The molecule has 0 saturated carbocycles. The van der Waals surface area contributed by atoms with E-state index >= 15 is 0 Å². The van der Waals surface area contributed by atoms with Crippen LogP contribution in [0.2, 0.25) is 0 Å². The molecule has 3 heterocycles. The zero-order valence-corrected chi connectivity index (χ0v) is 6.23. The molecule has 0 aromatic rings. The van der Waals surface area contributed by atoms with Gasteiger partial charge in [0.25, 0.3) is 0 Å². The summed E-state index contributed by atoms with van der Waals surface area (Å²) >= 11 is 0.